The van der Waals surface area contributed by atoms with Crippen molar-refractivity contribution in [3.05, 3.63) is 72.1 Å². The summed E-state index contributed by atoms with van der Waals surface area (Å²) in [6.45, 7) is 0. The van der Waals surface area contributed by atoms with Crippen molar-refractivity contribution in [3.63, 3.8) is 0 Å². The highest BCUT2D eigenvalue weighted by molar-refractivity contribution is 6.08. The van der Waals surface area contributed by atoms with E-state index in [1.54, 1.807) is 30.5 Å². The minimum Gasteiger partial charge on any atom is -0.398 e. The first kappa shape index (κ1) is 16.8. The molecule has 0 bridgehead atoms. The van der Waals surface area contributed by atoms with E-state index < -0.39 is 5.91 Å². The van der Waals surface area contributed by atoms with Crippen LogP contribution in [0.2, 0.25) is 0 Å². The number of aryl methyl sites for hydroxylation is 1. The lowest BCUT2D eigenvalue weighted by molar-refractivity contribution is -0.120. The standard InChI is InChI=1S/C21H18N4O2/c22-17-7-3-1-6-15(17)21(27)25-20(26)10-9-13-11-16-14-5-2-4-8-18(14)24-19(16)12-23-13/h1-8,11-12,24H,9-10,22H2,(H,25,26,27). The molecule has 6 nitrogen and oxygen atoms in total. The third-order valence-electron chi connectivity index (χ3n) is 4.51. The molecule has 0 fully saturated rings. The normalized spacial score (nSPS) is 11.0. The lowest BCUT2D eigenvalue weighted by Gasteiger charge is -2.06. The summed E-state index contributed by atoms with van der Waals surface area (Å²) in [7, 11) is 0. The number of carbonyl (C=O) groups excluding carboxylic acids is 2. The largest absolute Gasteiger partial charge is 0.398 e. The second-order valence-electron chi connectivity index (χ2n) is 6.36. The zero-order valence-electron chi connectivity index (χ0n) is 14.5. The number of benzene rings is 2. The number of nitrogens with one attached hydrogen (secondary N) is 2. The molecule has 0 saturated heterocycles. The molecule has 2 aromatic carbocycles. The second kappa shape index (κ2) is 6.92. The van der Waals surface area contributed by atoms with Crippen LogP contribution in [0.5, 0.6) is 0 Å². The summed E-state index contributed by atoms with van der Waals surface area (Å²) in [6, 6.07) is 16.7. The van der Waals surface area contributed by atoms with E-state index in [0.717, 1.165) is 27.5 Å². The number of H-pyrrole nitrogens is 1. The summed E-state index contributed by atoms with van der Waals surface area (Å²) in [5.74, 6) is -0.845. The highest BCUT2D eigenvalue weighted by Crippen LogP contribution is 2.25. The Morgan fingerprint density at radius 1 is 1.00 bits per heavy atom. The Hall–Kier alpha value is -3.67. The summed E-state index contributed by atoms with van der Waals surface area (Å²) in [5, 5.41) is 4.57. The number of imide groups is 1. The lowest BCUT2D eigenvalue weighted by Crippen LogP contribution is -2.31. The van der Waals surface area contributed by atoms with Crippen molar-refractivity contribution in [1.29, 1.82) is 0 Å². The number of fused-ring (bicyclic) bond motifs is 3. The average Bonchev–Trinajstić information content (AvgIpc) is 3.04. The molecule has 0 spiro atoms. The van der Waals surface area contributed by atoms with Crippen LogP contribution in [-0.2, 0) is 11.2 Å². The molecule has 27 heavy (non-hydrogen) atoms. The summed E-state index contributed by atoms with van der Waals surface area (Å²) < 4.78 is 0. The predicted molar refractivity (Wildman–Crippen MR) is 105 cm³/mol. The van der Waals surface area contributed by atoms with Crippen molar-refractivity contribution in [1.82, 2.24) is 15.3 Å². The van der Waals surface area contributed by atoms with Gasteiger partial charge in [-0.25, -0.2) is 0 Å². The molecule has 2 heterocycles. The van der Waals surface area contributed by atoms with Crippen LogP contribution in [0.1, 0.15) is 22.5 Å². The van der Waals surface area contributed by atoms with Crippen molar-refractivity contribution >= 4 is 39.3 Å². The maximum atomic E-state index is 12.1. The molecular weight excluding hydrogens is 340 g/mol. The van der Waals surface area contributed by atoms with Crippen molar-refractivity contribution < 1.29 is 9.59 Å². The number of hydrogen-bond acceptors (Lipinski definition) is 4. The molecule has 134 valence electrons. The van der Waals surface area contributed by atoms with E-state index in [2.05, 4.69) is 15.3 Å². The second-order valence-corrected chi connectivity index (χ2v) is 6.36. The van der Waals surface area contributed by atoms with Gasteiger partial charge in [-0.2, -0.15) is 0 Å². The van der Waals surface area contributed by atoms with Gasteiger partial charge in [0.05, 0.1) is 17.3 Å². The van der Waals surface area contributed by atoms with Gasteiger partial charge in [0.1, 0.15) is 0 Å². The SMILES string of the molecule is Nc1ccccc1C(=O)NC(=O)CCc1cc2c(cn1)[nH]c1ccccc12. The Balaban J connectivity index is 1.45. The van der Waals surface area contributed by atoms with Gasteiger partial charge < -0.3 is 10.7 Å². The minimum atomic E-state index is -0.488. The van der Waals surface area contributed by atoms with Gasteiger partial charge in [0.2, 0.25) is 5.91 Å². The first-order valence-electron chi connectivity index (χ1n) is 8.66. The van der Waals surface area contributed by atoms with E-state index in [1.807, 2.05) is 30.3 Å². The van der Waals surface area contributed by atoms with Gasteiger partial charge >= 0.3 is 0 Å². The Labute approximate surface area is 155 Å². The Morgan fingerprint density at radius 3 is 2.63 bits per heavy atom. The number of carbonyl (C=O) groups is 2. The molecule has 4 N–H and O–H groups in total. The van der Waals surface area contributed by atoms with E-state index >= 15 is 0 Å². The monoisotopic (exact) mass is 358 g/mol. The average molecular weight is 358 g/mol. The summed E-state index contributed by atoms with van der Waals surface area (Å²) in [4.78, 5) is 32.0. The van der Waals surface area contributed by atoms with E-state index in [-0.39, 0.29) is 12.3 Å². The van der Waals surface area contributed by atoms with Crippen molar-refractivity contribution in [2.45, 2.75) is 12.8 Å². The third kappa shape index (κ3) is 3.37. The van der Waals surface area contributed by atoms with Crippen molar-refractivity contribution in [2.24, 2.45) is 0 Å². The number of pyridine rings is 1. The number of aromatic amines is 1. The maximum absolute atomic E-state index is 12.1. The van der Waals surface area contributed by atoms with Gasteiger partial charge in [-0.15, -0.1) is 0 Å². The minimum absolute atomic E-state index is 0.166. The number of rotatable bonds is 4. The molecule has 0 unspecified atom stereocenters. The quantitative estimate of drug-likeness (QED) is 0.488. The molecule has 4 aromatic rings. The Morgan fingerprint density at radius 2 is 1.78 bits per heavy atom. The van der Waals surface area contributed by atoms with E-state index in [9.17, 15) is 9.59 Å². The predicted octanol–water partition coefficient (Wildman–Crippen LogP) is 3.19. The number of aromatic nitrogens is 2. The highest BCUT2D eigenvalue weighted by Gasteiger charge is 2.13. The van der Waals surface area contributed by atoms with Crippen molar-refractivity contribution in [2.75, 3.05) is 5.73 Å². The molecular formula is C21H18N4O2. The van der Waals surface area contributed by atoms with Crippen LogP contribution in [-0.4, -0.2) is 21.8 Å². The van der Waals surface area contributed by atoms with E-state index in [1.165, 1.54) is 0 Å². The fraction of sp³-hybridized carbons (Fsp3) is 0.0952. The summed E-state index contributed by atoms with van der Waals surface area (Å²) in [6.07, 6.45) is 2.39. The zero-order chi connectivity index (χ0) is 18.8. The molecule has 2 amide bonds. The number of nitrogens with two attached hydrogens (primary N) is 1. The van der Waals surface area contributed by atoms with Crippen LogP contribution in [0.4, 0.5) is 5.69 Å². The molecule has 0 aliphatic carbocycles. The van der Waals surface area contributed by atoms with Gasteiger partial charge in [-0.1, -0.05) is 30.3 Å². The number of anilines is 1. The van der Waals surface area contributed by atoms with Gasteiger partial charge in [-0.05, 0) is 30.7 Å². The van der Waals surface area contributed by atoms with Crippen molar-refractivity contribution in [3.8, 4) is 0 Å². The molecule has 0 aliphatic heterocycles. The van der Waals surface area contributed by atoms with E-state index in [0.29, 0.717) is 17.7 Å². The molecule has 4 rings (SSSR count). The first-order chi connectivity index (χ1) is 13.1. The van der Waals surface area contributed by atoms with Gasteiger partial charge in [-0.3, -0.25) is 19.9 Å². The van der Waals surface area contributed by atoms with Crippen LogP contribution in [0.15, 0.2) is 60.8 Å². The number of nitrogen functional groups attached to an aromatic ring is 1. The number of para-hydroxylation sites is 2. The first-order valence-corrected chi connectivity index (χ1v) is 8.66. The van der Waals surface area contributed by atoms with Crippen LogP contribution in [0.3, 0.4) is 0 Å². The van der Waals surface area contributed by atoms with Gasteiger partial charge in [0.15, 0.2) is 0 Å². The topological polar surface area (TPSA) is 101 Å². The highest BCUT2D eigenvalue weighted by atomic mass is 16.2. The molecule has 0 radical (unpaired) electrons. The lowest BCUT2D eigenvalue weighted by atomic mass is 10.1. The van der Waals surface area contributed by atoms with Crippen LogP contribution >= 0.6 is 0 Å². The Bertz CT molecular complexity index is 1160. The van der Waals surface area contributed by atoms with Crippen LogP contribution in [0.25, 0.3) is 21.8 Å². The number of amides is 2. The fourth-order valence-corrected chi connectivity index (χ4v) is 3.13. The van der Waals surface area contributed by atoms with Crippen LogP contribution in [0, 0.1) is 0 Å². The molecule has 6 heteroatoms. The summed E-state index contributed by atoms with van der Waals surface area (Å²) in [5.41, 5.74) is 9.21. The molecule has 0 aliphatic rings. The number of nitrogens with zero attached hydrogens (tertiary/aromatic N) is 1. The molecule has 0 saturated carbocycles. The van der Waals surface area contributed by atoms with Gasteiger partial charge in [0, 0.05) is 34.1 Å². The smallest absolute Gasteiger partial charge is 0.259 e. The fourth-order valence-electron chi connectivity index (χ4n) is 3.13. The Kier molecular flexibility index (Phi) is 4.30. The molecule has 0 atom stereocenters. The number of hydrogen-bond donors (Lipinski definition) is 3. The van der Waals surface area contributed by atoms with Crippen LogP contribution < -0.4 is 11.1 Å². The summed E-state index contributed by atoms with van der Waals surface area (Å²) >= 11 is 0. The molecule has 2 aromatic heterocycles. The van der Waals surface area contributed by atoms with Gasteiger partial charge in [0.25, 0.3) is 5.91 Å². The zero-order valence-corrected chi connectivity index (χ0v) is 14.5. The third-order valence-corrected chi connectivity index (χ3v) is 4.51. The van der Waals surface area contributed by atoms with E-state index in [4.69, 9.17) is 5.73 Å². The maximum Gasteiger partial charge on any atom is 0.259 e.